The molecule has 0 fully saturated rings. The molecule has 0 radical (unpaired) electrons. The predicted molar refractivity (Wildman–Crippen MR) is 117 cm³/mol. The van der Waals surface area contributed by atoms with Gasteiger partial charge < -0.3 is 10.1 Å². The summed E-state index contributed by atoms with van der Waals surface area (Å²) in [4.78, 5) is 12.4. The average molecular weight is 425 g/mol. The lowest BCUT2D eigenvalue weighted by atomic mass is 10.1. The molecule has 2 N–H and O–H groups in total. The van der Waals surface area contributed by atoms with Crippen molar-refractivity contribution in [3.05, 3.63) is 90.0 Å². The molecule has 156 valence electrons. The largest absolute Gasteiger partial charge is 0.495 e. The lowest BCUT2D eigenvalue weighted by Gasteiger charge is -2.10. The first-order valence-electron chi connectivity index (χ1n) is 9.53. The van der Waals surface area contributed by atoms with Crippen molar-refractivity contribution in [1.29, 1.82) is 0 Å². The molecule has 0 atom stereocenters. The van der Waals surface area contributed by atoms with Crippen molar-refractivity contribution in [3.63, 3.8) is 0 Å². The van der Waals surface area contributed by atoms with Crippen LogP contribution in [-0.2, 0) is 27.8 Å². The smallest absolute Gasteiger partial charge is 0.240 e. The van der Waals surface area contributed by atoms with Gasteiger partial charge in [0.1, 0.15) is 5.75 Å². The zero-order valence-electron chi connectivity index (χ0n) is 16.7. The van der Waals surface area contributed by atoms with Crippen LogP contribution in [0.1, 0.15) is 17.5 Å². The van der Waals surface area contributed by atoms with Gasteiger partial charge in [-0.1, -0.05) is 54.6 Å². The van der Waals surface area contributed by atoms with E-state index in [1.807, 2.05) is 42.5 Å². The fourth-order valence-electron chi connectivity index (χ4n) is 2.91. The molecule has 0 heterocycles. The van der Waals surface area contributed by atoms with Crippen molar-refractivity contribution < 1.29 is 17.9 Å². The van der Waals surface area contributed by atoms with E-state index in [1.54, 1.807) is 43.5 Å². The molecule has 0 saturated carbocycles. The second-order valence-corrected chi connectivity index (χ2v) is 8.47. The summed E-state index contributed by atoms with van der Waals surface area (Å²) in [5, 5.41) is 2.83. The number of hydrogen-bond acceptors (Lipinski definition) is 4. The van der Waals surface area contributed by atoms with Gasteiger partial charge in [0.25, 0.3) is 0 Å². The summed E-state index contributed by atoms with van der Waals surface area (Å²) in [7, 11) is -2.05. The van der Waals surface area contributed by atoms with Gasteiger partial charge in [0, 0.05) is 13.0 Å². The second kappa shape index (κ2) is 10.0. The zero-order chi connectivity index (χ0) is 21.4. The number of anilines is 1. The van der Waals surface area contributed by atoms with Crippen LogP contribution in [0.2, 0.25) is 0 Å². The number of ether oxygens (including phenoxy) is 1. The van der Waals surface area contributed by atoms with Gasteiger partial charge in [-0.25, -0.2) is 13.1 Å². The Balaban J connectivity index is 1.54. The molecule has 0 spiro atoms. The zero-order valence-corrected chi connectivity index (χ0v) is 17.5. The van der Waals surface area contributed by atoms with Crippen molar-refractivity contribution in [3.8, 4) is 5.75 Å². The minimum absolute atomic E-state index is 0.138. The summed E-state index contributed by atoms with van der Waals surface area (Å²) in [5.74, 6) is 0.462. The number of sulfonamides is 1. The number of para-hydroxylation sites is 2. The van der Waals surface area contributed by atoms with Gasteiger partial charge in [-0.3, -0.25) is 4.79 Å². The topological polar surface area (TPSA) is 84.5 Å². The van der Waals surface area contributed by atoms with Crippen LogP contribution in [0.25, 0.3) is 0 Å². The first-order chi connectivity index (χ1) is 14.5. The Morgan fingerprint density at radius 1 is 0.867 bits per heavy atom. The van der Waals surface area contributed by atoms with Crippen LogP contribution in [0.5, 0.6) is 5.75 Å². The van der Waals surface area contributed by atoms with Gasteiger partial charge in [-0.2, -0.15) is 0 Å². The number of methoxy groups -OCH3 is 1. The molecular formula is C23H24N2O4S. The molecule has 0 aromatic heterocycles. The Kier molecular flexibility index (Phi) is 7.21. The maximum atomic E-state index is 12.5. The Hall–Kier alpha value is -3.16. The fraction of sp³-hybridized carbons (Fsp3) is 0.174. The van der Waals surface area contributed by atoms with Crippen LogP contribution >= 0.6 is 0 Å². The lowest BCUT2D eigenvalue weighted by molar-refractivity contribution is -0.116. The number of aryl methyl sites for hydroxylation is 1. The molecule has 0 aliphatic rings. The summed E-state index contributed by atoms with van der Waals surface area (Å²) in [6, 6.07) is 23.1. The molecule has 30 heavy (non-hydrogen) atoms. The number of rotatable bonds is 9. The van der Waals surface area contributed by atoms with E-state index in [2.05, 4.69) is 10.0 Å². The van der Waals surface area contributed by atoms with Crippen molar-refractivity contribution >= 4 is 21.6 Å². The Morgan fingerprint density at radius 3 is 2.23 bits per heavy atom. The van der Waals surface area contributed by atoms with Crippen molar-refractivity contribution in [1.82, 2.24) is 4.72 Å². The monoisotopic (exact) mass is 424 g/mol. The minimum atomic E-state index is -3.60. The molecule has 6 nitrogen and oxygen atoms in total. The highest BCUT2D eigenvalue weighted by atomic mass is 32.2. The van der Waals surface area contributed by atoms with E-state index in [0.29, 0.717) is 17.9 Å². The number of amides is 1. The fourth-order valence-corrected chi connectivity index (χ4v) is 3.93. The minimum Gasteiger partial charge on any atom is -0.495 e. The van der Waals surface area contributed by atoms with Crippen LogP contribution in [-0.4, -0.2) is 21.4 Å². The van der Waals surface area contributed by atoms with E-state index >= 15 is 0 Å². The van der Waals surface area contributed by atoms with E-state index in [1.165, 1.54) is 0 Å². The third kappa shape index (κ3) is 5.92. The second-order valence-electron chi connectivity index (χ2n) is 6.70. The van der Waals surface area contributed by atoms with E-state index in [9.17, 15) is 13.2 Å². The summed E-state index contributed by atoms with van der Waals surface area (Å²) in [5.41, 5.74) is 2.39. The molecule has 1 amide bonds. The number of carbonyl (C=O) groups excluding carboxylic acids is 1. The van der Waals surface area contributed by atoms with Gasteiger partial charge in [0.2, 0.25) is 15.9 Å². The molecular weight excluding hydrogens is 400 g/mol. The third-order valence-electron chi connectivity index (χ3n) is 4.56. The van der Waals surface area contributed by atoms with Crippen molar-refractivity contribution in [2.24, 2.45) is 0 Å². The SMILES string of the molecule is COc1ccccc1NC(=O)CCc1ccc(S(=O)(=O)NCc2ccccc2)cc1. The highest BCUT2D eigenvalue weighted by Crippen LogP contribution is 2.23. The van der Waals surface area contributed by atoms with Crippen LogP contribution in [0, 0.1) is 0 Å². The van der Waals surface area contributed by atoms with Crippen molar-refractivity contribution in [2.75, 3.05) is 12.4 Å². The molecule has 0 saturated heterocycles. The lowest BCUT2D eigenvalue weighted by Crippen LogP contribution is -2.23. The molecule has 7 heteroatoms. The molecule has 0 aliphatic carbocycles. The third-order valence-corrected chi connectivity index (χ3v) is 5.98. The molecule has 0 bridgehead atoms. The number of carbonyl (C=O) groups is 1. The maximum absolute atomic E-state index is 12.5. The van der Waals surface area contributed by atoms with Gasteiger partial charge in [0.15, 0.2) is 0 Å². The molecule has 3 rings (SSSR count). The van der Waals surface area contributed by atoms with E-state index < -0.39 is 10.0 Å². The quantitative estimate of drug-likeness (QED) is 0.548. The first-order valence-corrected chi connectivity index (χ1v) is 11.0. The van der Waals surface area contributed by atoms with E-state index in [-0.39, 0.29) is 23.8 Å². The van der Waals surface area contributed by atoms with E-state index in [4.69, 9.17) is 4.74 Å². The number of benzene rings is 3. The van der Waals surface area contributed by atoms with Crippen LogP contribution in [0.15, 0.2) is 83.8 Å². The number of nitrogens with one attached hydrogen (secondary N) is 2. The van der Waals surface area contributed by atoms with Crippen LogP contribution < -0.4 is 14.8 Å². The maximum Gasteiger partial charge on any atom is 0.240 e. The number of hydrogen-bond donors (Lipinski definition) is 2. The van der Waals surface area contributed by atoms with Crippen LogP contribution in [0.4, 0.5) is 5.69 Å². The van der Waals surface area contributed by atoms with Crippen LogP contribution in [0.3, 0.4) is 0 Å². The highest BCUT2D eigenvalue weighted by molar-refractivity contribution is 7.89. The van der Waals surface area contributed by atoms with Crippen molar-refractivity contribution in [2.45, 2.75) is 24.3 Å². The Labute approximate surface area is 177 Å². The molecule has 3 aromatic carbocycles. The summed E-state index contributed by atoms with van der Waals surface area (Å²) >= 11 is 0. The normalized spacial score (nSPS) is 11.1. The molecule has 0 unspecified atom stereocenters. The standard InChI is InChI=1S/C23H24N2O4S/c1-29-22-10-6-5-9-21(22)25-23(26)16-13-18-11-14-20(15-12-18)30(27,28)24-17-19-7-3-2-4-8-19/h2-12,14-15,24H,13,16-17H2,1H3,(H,25,26). The van der Waals surface area contributed by atoms with Gasteiger partial charge >= 0.3 is 0 Å². The average Bonchev–Trinajstić information content (AvgIpc) is 2.78. The Morgan fingerprint density at radius 2 is 1.53 bits per heavy atom. The van der Waals surface area contributed by atoms with E-state index in [0.717, 1.165) is 11.1 Å². The van der Waals surface area contributed by atoms with Gasteiger partial charge in [-0.15, -0.1) is 0 Å². The Bertz CT molecular complexity index is 1080. The molecule has 0 aliphatic heterocycles. The predicted octanol–water partition coefficient (Wildman–Crippen LogP) is 3.75. The van der Waals surface area contributed by atoms with Gasteiger partial charge in [0.05, 0.1) is 17.7 Å². The first kappa shape index (κ1) is 21.5. The highest BCUT2D eigenvalue weighted by Gasteiger charge is 2.14. The molecule has 3 aromatic rings. The van der Waals surface area contributed by atoms with Gasteiger partial charge in [-0.05, 0) is 41.8 Å². The summed E-state index contributed by atoms with van der Waals surface area (Å²) in [6.07, 6.45) is 0.773. The summed E-state index contributed by atoms with van der Waals surface area (Å²) < 4.78 is 32.7. The summed E-state index contributed by atoms with van der Waals surface area (Å²) in [6.45, 7) is 0.230.